The zero-order chi connectivity index (χ0) is 18.2. The Morgan fingerprint density at radius 2 is 1.80 bits per heavy atom. The fourth-order valence-electron chi connectivity index (χ4n) is 2.96. The van der Waals surface area contributed by atoms with E-state index in [0.717, 1.165) is 36.1 Å². The second-order valence-corrected chi connectivity index (χ2v) is 7.14. The first-order valence-corrected chi connectivity index (χ1v) is 9.26. The zero-order valence-corrected chi connectivity index (χ0v) is 15.6. The Hall–Kier alpha value is -1.48. The molecule has 1 aliphatic rings. The molecule has 1 amide bonds. The first-order chi connectivity index (χ1) is 12.1. The minimum Gasteiger partial charge on any atom is -0.478 e. The van der Waals surface area contributed by atoms with Gasteiger partial charge in [0, 0.05) is 32.2 Å². The Balaban J connectivity index is 2.05. The molecule has 0 bridgehead atoms. The molecule has 0 radical (unpaired) electrons. The number of hydrogen-bond acceptors (Lipinski definition) is 6. The summed E-state index contributed by atoms with van der Waals surface area (Å²) in [4.78, 5) is 27.1. The third-order valence-electron chi connectivity index (χ3n) is 4.23. The van der Waals surface area contributed by atoms with E-state index >= 15 is 0 Å². The molecule has 1 aliphatic carbocycles. The Labute approximate surface area is 151 Å². The molecule has 7 nitrogen and oxygen atoms in total. The van der Waals surface area contributed by atoms with Crippen molar-refractivity contribution < 1.29 is 24.2 Å². The van der Waals surface area contributed by atoms with E-state index in [1.54, 1.807) is 14.2 Å². The summed E-state index contributed by atoms with van der Waals surface area (Å²) in [6.07, 6.45) is 3.74. The van der Waals surface area contributed by atoms with E-state index in [4.69, 9.17) is 9.47 Å². The van der Waals surface area contributed by atoms with E-state index in [0.29, 0.717) is 31.3 Å². The first kappa shape index (κ1) is 19.8. The summed E-state index contributed by atoms with van der Waals surface area (Å²) in [5, 5.41) is 12.8. The summed E-state index contributed by atoms with van der Waals surface area (Å²) in [5.41, 5.74) is 1.17. The number of fused-ring (bicyclic) bond motifs is 1. The third-order valence-corrected chi connectivity index (χ3v) is 5.44. The molecule has 0 saturated carbocycles. The number of hydrogen-bond donors (Lipinski definition) is 2. The van der Waals surface area contributed by atoms with Crippen LogP contribution in [0.15, 0.2) is 0 Å². The number of rotatable bonds is 10. The van der Waals surface area contributed by atoms with Crippen molar-refractivity contribution >= 4 is 28.2 Å². The average Bonchev–Trinajstić information content (AvgIpc) is 2.94. The number of carbonyl (C=O) groups excluding carboxylic acids is 1. The lowest BCUT2D eigenvalue weighted by Gasteiger charge is -2.20. The van der Waals surface area contributed by atoms with E-state index in [9.17, 15) is 14.7 Å². The molecule has 140 valence electrons. The van der Waals surface area contributed by atoms with Gasteiger partial charge in [-0.05, 0) is 31.2 Å². The predicted octanol–water partition coefficient (Wildman–Crippen LogP) is 1.86. The SMILES string of the molecule is COCCN(CCOC)CC(=O)Nc1sc2c(c1C(=O)O)CCCC2. The van der Waals surface area contributed by atoms with Gasteiger partial charge in [0.1, 0.15) is 5.00 Å². The summed E-state index contributed by atoms with van der Waals surface area (Å²) in [5.74, 6) is -1.18. The van der Waals surface area contributed by atoms with Crippen molar-refractivity contribution in [3.8, 4) is 0 Å². The van der Waals surface area contributed by atoms with Crippen LogP contribution in [0.25, 0.3) is 0 Å². The number of ether oxygens (including phenoxy) is 2. The van der Waals surface area contributed by atoms with Crippen LogP contribution in [0.1, 0.15) is 33.6 Å². The largest absolute Gasteiger partial charge is 0.478 e. The van der Waals surface area contributed by atoms with Crippen LogP contribution >= 0.6 is 11.3 Å². The van der Waals surface area contributed by atoms with Gasteiger partial charge < -0.3 is 19.9 Å². The molecule has 0 atom stereocenters. The van der Waals surface area contributed by atoms with Crippen LogP contribution in [0.5, 0.6) is 0 Å². The van der Waals surface area contributed by atoms with Crippen molar-refractivity contribution in [2.75, 3.05) is 52.4 Å². The number of carboxylic acid groups (broad SMARTS) is 1. The van der Waals surface area contributed by atoms with E-state index in [1.807, 2.05) is 4.90 Å². The average molecular weight is 370 g/mol. The smallest absolute Gasteiger partial charge is 0.339 e. The van der Waals surface area contributed by atoms with Gasteiger partial charge in [-0.25, -0.2) is 4.79 Å². The lowest BCUT2D eigenvalue weighted by atomic mass is 9.95. The topological polar surface area (TPSA) is 88.1 Å². The molecule has 0 saturated heterocycles. The highest BCUT2D eigenvalue weighted by Gasteiger charge is 2.26. The highest BCUT2D eigenvalue weighted by atomic mass is 32.1. The maximum atomic E-state index is 12.4. The monoisotopic (exact) mass is 370 g/mol. The number of anilines is 1. The number of methoxy groups -OCH3 is 2. The minimum absolute atomic E-state index is 0.175. The van der Waals surface area contributed by atoms with Gasteiger partial charge in [0.2, 0.25) is 5.91 Å². The Bertz CT molecular complexity index is 594. The van der Waals surface area contributed by atoms with Crippen LogP contribution < -0.4 is 5.32 Å². The molecule has 1 aromatic heterocycles. The summed E-state index contributed by atoms with van der Waals surface area (Å²) in [6, 6.07) is 0. The first-order valence-electron chi connectivity index (χ1n) is 8.44. The van der Waals surface area contributed by atoms with Crippen molar-refractivity contribution in [1.29, 1.82) is 0 Å². The van der Waals surface area contributed by atoms with E-state index in [1.165, 1.54) is 11.3 Å². The molecule has 2 rings (SSSR count). The molecule has 0 aliphatic heterocycles. The number of aryl methyl sites for hydroxylation is 1. The summed E-state index contributed by atoms with van der Waals surface area (Å²) >= 11 is 1.40. The van der Waals surface area contributed by atoms with Crippen LogP contribution in [-0.2, 0) is 27.1 Å². The normalized spacial score (nSPS) is 13.7. The second kappa shape index (κ2) is 9.86. The van der Waals surface area contributed by atoms with Crippen LogP contribution in [0.2, 0.25) is 0 Å². The molecule has 2 N–H and O–H groups in total. The highest BCUT2D eigenvalue weighted by Crippen LogP contribution is 2.38. The molecule has 1 aromatic rings. The van der Waals surface area contributed by atoms with Crippen LogP contribution in [0, 0.1) is 0 Å². The molecule has 0 aromatic carbocycles. The van der Waals surface area contributed by atoms with Gasteiger partial charge >= 0.3 is 5.97 Å². The highest BCUT2D eigenvalue weighted by molar-refractivity contribution is 7.17. The molecule has 8 heteroatoms. The zero-order valence-electron chi connectivity index (χ0n) is 14.8. The number of thiophene rings is 1. The third kappa shape index (κ3) is 5.50. The number of aromatic carboxylic acids is 1. The fourth-order valence-corrected chi connectivity index (χ4v) is 4.26. The summed E-state index contributed by atoms with van der Waals surface area (Å²) < 4.78 is 10.1. The van der Waals surface area contributed by atoms with Crippen molar-refractivity contribution in [3.05, 3.63) is 16.0 Å². The molecule has 1 heterocycles. The lowest BCUT2D eigenvalue weighted by molar-refractivity contribution is -0.117. The van der Waals surface area contributed by atoms with Crippen LogP contribution in [0.3, 0.4) is 0 Å². The van der Waals surface area contributed by atoms with Gasteiger partial charge in [-0.15, -0.1) is 11.3 Å². The Kier molecular flexibility index (Phi) is 7.83. The quantitative estimate of drug-likeness (QED) is 0.654. The number of carbonyl (C=O) groups is 2. The maximum Gasteiger partial charge on any atom is 0.339 e. The van der Waals surface area contributed by atoms with Gasteiger partial charge in [0.25, 0.3) is 0 Å². The van der Waals surface area contributed by atoms with Crippen LogP contribution in [-0.4, -0.2) is 69.0 Å². The standard InChI is InChI=1S/C17H26N2O5S/c1-23-9-7-19(8-10-24-2)11-14(20)18-16-15(17(21)22)12-5-3-4-6-13(12)25-16/h3-11H2,1-2H3,(H,18,20)(H,21,22). The molecule has 0 spiro atoms. The van der Waals surface area contributed by atoms with Gasteiger partial charge in [-0.3, -0.25) is 9.69 Å². The molecule has 0 unspecified atom stereocenters. The number of carboxylic acids is 1. The van der Waals surface area contributed by atoms with Crippen molar-refractivity contribution in [1.82, 2.24) is 4.90 Å². The van der Waals surface area contributed by atoms with Crippen molar-refractivity contribution in [3.63, 3.8) is 0 Å². The maximum absolute atomic E-state index is 12.4. The molecular formula is C17H26N2O5S. The number of amides is 1. The Morgan fingerprint density at radius 1 is 1.16 bits per heavy atom. The van der Waals surface area contributed by atoms with E-state index < -0.39 is 5.97 Å². The molecule has 0 fully saturated rings. The predicted molar refractivity (Wildman–Crippen MR) is 96.7 cm³/mol. The van der Waals surface area contributed by atoms with Crippen molar-refractivity contribution in [2.24, 2.45) is 0 Å². The summed E-state index contributed by atoms with van der Waals surface area (Å²) in [7, 11) is 3.23. The fraction of sp³-hybridized carbons (Fsp3) is 0.647. The van der Waals surface area contributed by atoms with Gasteiger partial charge in [-0.1, -0.05) is 0 Å². The Morgan fingerprint density at radius 3 is 2.40 bits per heavy atom. The molecule has 25 heavy (non-hydrogen) atoms. The van der Waals surface area contributed by atoms with Gasteiger partial charge in [0.05, 0.1) is 25.3 Å². The summed E-state index contributed by atoms with van der Waals surface area (Å²) in [6.45, 7) is 2.43. The molecular weight excluding hydrogens is 344 g/mol. The van der Waals surface area contributed by atoms with Crippen LogP contribution in [0.4, 0.5) is 5.00 Å². The van der Waals surface area contributed by atoms with Gasteiger partial charge in [0.15, 0.2) is 0 Å². The van der Waals surface area contributed by atoms with E-state index in [2.05, 4.69) is 5.32 Å². The van der Waals surface area contributed by atoms with Gasteiger partial charge in [-0.2, -0.15) is 0 Å². The number of nitrogens with one attached hydrogen (secondary N) is 1. The number of nitrogens with zero attached hydrogens (tertiary/aromatic N) is 1. The second-order valence-electron chi connectivity index (χ2n) is 6.03. The minimum atomic E-state index is -0.967. The van der Waals surface area contributed by atoms with E-state index in [-0.39, 0.29) is 18.0 Å². The lowest BCUT2D eigenvalue weighted by Crippen LogP contribution is -2.37. The van der Waals surface area contributed by atoms with Crippen molar-refractivity contribution in [2.45, 2.75) is 25.7 Å².